The number of rotatable bonds is 4. The maximum Gasteiger partial charge on any atom is 0.233 e. The minimum atomic E-state index is -3.82. The molecule has 0 aliphatic rings. The first-order valence-electron chi connectivity index (χ1n) is 4.79. The third kappa shape index (κ3) is 3.00. The summed E-state index contributed by atoms with van der Waals surface area (Å²) in [4.78, 5) is 0. The lowest BCUT2D eigenvalue weighted by molar-refractivity contribution is 0.594. The van der Waals surface area contributed by atoms with Crippen molar-refractivity contribution in [1.82, 2.24) is 4.37 Å². The van der Waals surface area contributed by atoms with Crippen molar-refractivity contribution >= 4 is 52.0 Å². The Kier molecular flexibility index (Phi) is 3.63. The molecule has 2 rings (SSSR count). The number of aromatic nitrogens is 1. The molecule has 0 aliphatic carbocycles. The first kappa shape index (κ1) is 13.7. The van der Waals surface area contributed by atoms with Gasteiger partial charge < -0.3 is 0 Å². The Morgan fingerprint density at radius 1 is 1.11 bits per heavy atom. The van der Waals surface area contributed by atoms with Crippen molar-refractivity contribution in [3.8, 4) is 0 Å². The summed E-state index contributed by atoms with van der Waals surface area (Å²) in [7, 11) is -2.49. The highest BCUT2D eigenvalue weighted by Crippen LogP contribution is 2.27. The lowest BCUT2D eigenvalue weighted by atomic mass is 10.3. The van der Waals surface area contributed by atoms with E-state index in [-0.39, 0.29) is 4.21 Å². The number of nitrogens with zero attached hydrogens (tertiary/aromatic N) is 1. The van der Waals surface area contributed by atoms with Gasteiger partial charge in [-0.05, 0) is 17.6 Å². The third-order valence-electron chi connectivity index (χ3n) is 2.23. The van der Waals surface area contributed by atoms with Crippen LogP contribution in [0.25, 0.3) is 10.9 Å². The molecule has 0 aliphatic heterocycles. The smallest absolute Gasteiger partial charge is 0.223 e. The maximum absolute atomic E-state index is 12.0. The number of benzene rings is 1. The molecule has 2 aromatic rings. The Bertz CT molecular complexity index is 779. The van der Waals surface area contributed by atoms with Gasteiger partial charge in [0.15, 0.2) is 9.84 Å². The largest absolute Gasteiger partial charge is 0.233 e. The minimum absolute atomic E-state index is 0.0819. The van der Waals surface area contributed by atoms with Crippen molar-refractivity contribution in [2.45, 2.75) is 4.21 Å². The second kappa shape index (κ2) is 4.76. The molecule has 0 unspecified atom stereocenters. The highest BCUT2D eigenvalue weighted by atomic mass is 35.7. The molecular weight excluding hydrogens is 318 g/mol. The van der Waals surface area contributed by atoms with Crippen LogP contribution < -0.4 is 0 Å². The number of sulfone groups is 1. The Balaban J connectivity index is 2.41. The zero-order valence-corrected chi connectivity index (χ0v) is 12.1. The molecule has 0 atom stereocenters. The van der Waals surface area contributed by atoms with Crippen molar-refractivity contribution in [3.63, 3.8) is 0 Å². The van der Waals surface area contributed by atoms with Crippen LogP contribution in [0.2, 0.25) is 0 Å². The Morgan fingerprint density at radius 2 is 1.78 bits per heavy atom. The second-order valence-corrected chi connectivity index (χ2v) is 9.52. The maximum atomic E-state index is 12.0. The molecule has 98 valence electrons. The van der Waals surface area contributed by atoms with Gasteiger partial charge in [-0.3, -0.25) is 0 Å². The second-order valence-electron chi connectivity index (χ2n) is 3.55. The molecular formula is C9H8ClNO4S3. The molecule has 0 saturated heterocycles. The molecule has 5 nitrogen and oxygen atoms in total. The van der Waals surface area contributed by atoms with E-state index in [0.717, 1.165) is 11.5 Å². The SMILES string of the molecule is O=S(=O)(Cl)CCS(=O)(=O)c1snc2ccccc12. The van der Waals surface area contributed by atoms with Gasteiger partial charge >= 0.3 is 0 Å². The highest BCUT2D eigenvalue weighted by molar-refractivity contribution is 8.14. The van der Waals surface area contributed by atoms with E-state index >= 15 is 0 Å². The quantitative estimate of drug-likeness (QED) is 0.798. The molecule has 0 saturated carbocycles. The van der Waals surface area contributed by atoms with Gasteiger partial charge in [0.1, 0.15) is 4.21 Å². The van der Waals surface area contributed by atoms with Crippen molar-refractivity contribution in [2.75, 3.05) is 11.5 Å². The van der Waals surface area contributed by atoms with Crippen LogP contribution in [0.5, 0.6) is 0 Å². The molecule has 18 heavy (non-hydrogen) atoms. The lowest BCUT2D eigenvalue weighted by Gasteiger charge is -2.00. The van der Waals surface area contributed by atoms with Gasteiger partial charge in [-0.15, -0.1) is 0 Å². The van der Waals surface area contributed by atoms with Gasteiger partial charge in [0.05, 0.1) is 17.0 Å². The number of hydrogen-bond acceptors (Lipinski definition) is 6. The van der Waals surface area contributed by atoms with Crippen LogP contribution in [0.15, 0.2) is 28.5 Å². The summed E-state index contributed by atoms with van der Waals surface area (Å²) in [6.45, 7) is 0. The fraction of sp³-hybridized carbons (Fsp3) is 0.222. The molecule has 0 bridgehead atoms. The van der Waals surface area contributed by atoms with E-state index in [4.69, 9.17) is 10.7 Å². The molecule has 9 heteroatoms. The molecule has 0 amide bonds. The van der Waals surface area contributed by atoms with Gasteiger partial charge in [-0.2, -0.15) is 4.37 Å². The predicted octanol–water partition coefficient (Wildman–Crippen LogP) is 1.64. The zero-order valence-electron chi connectivity index (χ0n) is 8.91. The van der Waals surface area contributed by atoms with Gasteiger partial charge in [0, 0.05) is 16.1 Å². The first-order chi connectivity index (χ1) is 8.30. The van der Waals surface area contributed by atoms with Gasteiger partial charge in [-0.25, -0.2) is 16.8 Å². The summed E-state index contributed by atoms with van der Waals surface area (Å²) >= 11 is 0.844. The number of fused-ring (bicyclic) bond motifs is 1. The van der Waals surface area contributed by atoms with Crippen LogP contribution in [0.4, 0.5) is 0 Å². The van der Waals surface area contributed by atoms with E-state index in [2.05, 4.69) is 4.37 Å². The minimum Gasteiger partial charge on any atom is -0.223 e. The molecule has 1 heterocycles. The van der Waals surface area contributed by atoms with Gasteiger partial charge in [-0.1, -0.05) is 18.2 Å². The van der Waals surface area contributed by atoms with Crippen LogP contribution in [-0.4, -0.2) is 32.7 Å². The summed E-state index contributed by atoms with van der Waals surface area (Å²) in [5.74, 6) is -1.14. The van der Waals surface area contributed by atoms with Crippen LogP contribution in [-0.2, 0) is 18.9 Å². The predicted molar refractivity (Wildman–Crippen MR) is 71.3 cm³/mol. The van der Waals surface area contributed by atoms with Crippen molar-refractivity contribution in [2.24, 2.45) is 0 Å². The molecule has 0 N–H and O–H groups in total. The van der Waals surface area contributed by atoms with Gasteiger partial charge in [0.25, 0.3) is 0 Å². The van der Waals surface area contributed by atoms with Gasteiger partial charge in [0.2, 0.25) is 9.05 Å². The Labute approximate surface area is 113 Å². The topological polar surface area (TPSA) is 81.2 Å². The van der Waals surface area contributed by atoms with E-state index in [0.29, 0.717) is 10.9 Å². The average molecular weight is 326 g/mol. The summed E-state index contributed by atoms with van der Waals surface area (Å²) in [5.41, 5.74) is 0.579. The monoisotopic (exact) mass is 325 g/mol. The Hall–Kier alpha value is -0.700. The van der Waals surface area contributed by atoms with E-state index < -0.39 is 30.4 Å². The van der Waals surface area contributed by atoms with Crippen molar-refractivity contribution < 1.29 is 16.8 Å². The molecule has 0 radical (unpaired) electrons. The molecule has 0 fully saturated rings. The van der Waals surface area contributed by atoms with Crippen LogP contribution in [0.3, 0.4) is 0 Å². The van der Waals surface area contributed by atoms with Crippen LogP contribution >= 0.6 is 22.2 Å². The summed E-state index contributed by atoms with van der Waals surface area (Å²) in [5, 5.41) is 0.509. The fourth-order valence-corrected chi connectivity index (χ4v) is 5.75. The molecule has 0 spiro atoms. The van der Waals surface area contributed by atoms with Crippen molar-refractivity contribution in [3.05, 3.63) is 24.3 Å². The Morgan fingerprint density at radius 3 is 2.44 bits per heavy atom. The van der Waals surface area contributed by atoms with E-state index in [1.165, 1.54) is 0 Å². The number of hydrogen-bond donors (Lipinski definition) is 0. The highest BCUT2D eigenvalue weighted by Gasteiger charge is 2.23. The van der Waals surface area contributed by atoms with E-state index in [9.17, 15) is 16.8 Å². The normalized spacial score (nSPS) is 12.9. The van der Waals surface area contributed by atoms with Crippen LogP contribution in [0.1, 0.15) is 0 Å². The summed E-state index contributed by atoms with van der Waals surface area (Å²) in [6, 6.07) is 6.79. The molecule has 1 aromatic carbocycles. The van der Waals surface area contributed by atoms with Crippen molar-refractivity contribution in [1.29, 1.82) is 0 Å². The van der Waals surface area contributed by atoms with E-state index in [1.54, 1.807) is 24.3 Å². The number of halogens is 1. The lowest BCUT2D eigenvalue weighted by Crippen LogP contribution is -2.13. The standard InChI is InChI=1S/C9H8ClNO4S3/c10-18(14,15)6-5-17(12,13)9-7-3-1-2-4-8(7)11-16-9/h1-4H,5-6H2. The summed E-state index contributed by atoms with van der Waals surface area (Å²) < 4.78 is 49.7. The fourth-order valence-electron chi connectivity index (χ4n) is 1.39. The zero-order chi connectivity index (χ0) is 13.4. The summed E-state index contributed by atoms with van der Waals surface area (Å²) in [6.07, 6.45) is 0. The van der Waals surface area contributed by atoms with E-state index in [1.807, 2.05) is 0 Å². The third-order valence-corrected chi connectivity index (χ3v) is 6.83. The average Bonchev–Trinajstić information content (AvgIpc) is 2.70. The first-order valence-corrected chi connectivity index (χ1v) is 9.69. The molecule has 1 aromatic heterocycles. The van der Waals surface area contributed by atoms with Crippen LogP contribution in [0, 0.1) is 0 Å².